The first-order valence-corrected chi connectivity index (χ1v) is 14.7. The van der Waals surface area contributed by atoms with Crippen molar-refractivity contribution in [3.8, 4) is 11.3 Å². The fraction of sp³-hybridized carbons (Fsp3) is 0.517. The molecule has 0 saturated carbocycles. The lowest BCUT2D eigenvalue weighted by Crippen LogP contribution is -2.51. The van der Waals surface area contributed by atoms with Gasteiger partial charge in [0.05, 0.1) is 29.1 Å². The molecule has 1 aromatic carbocycles. The maximum atomic E-state index is 5.62. The molecule has 0 spiro atoms. The molecule has 3 fully saturated rings. The van der Waals surface area contributed by atoms with E-state index in [9.17, 15) is 0 Å². The predicted octanol–water partition coefficient (Wildman–Crippen LogP) is 4.06. The fourth-order valence-corrected chi connectivity index (χ4v) is 7.23. The third-order valence-electron chi connectivity index (χ3n) is 8.35. The molecule has 0 N–H and O–H groups in total. The Labute approximate surface area is 222 Å². The number of ether oxygens (including phenoxy) is 2. The first kappa shape index (κ1) is 23.7. The normalized spacial score (nSPS) is 21.7. The molecule has 1 aliphatic carbocycles. The zero-order valence-electron chi connectivity index (χ0n) is 21.4. The molecule has 0 atom stereocenters. The number of morpholine rings is 1. The summed E-state index contributed by atoms with van der Waals surface area (Å²) in [6.07, 6.45) is 7.88. The summed E-state index contributed by atoms with van der Waals surface area (Å²) >= 11 is 1.80. The molecule has 7 nitrogen and oxygen atoms in total. The zero-order valence-corrected chi connectivity index (χ0v) is 22.2. The van der Waals surface area contributed by atoms with Gasteiger partial charge >= 0.3 is 0 Å². The molecule has 0 radical (unpaired) electrons. The van der Waals surface area contributed by atoms with E-state index in [-0.39, 0.29) is 0 Å². The van der Waals surface area contributed by atoms with Gasteiger partial charge in [0.15, 0.2) is 0 Å². The van der Waals surface area contributed by atoms with Crippen LogP contribution in [-0.4, -0.2) is 91.5 Å². The summed E-state index contributed by atoms with van der Waals surface area (Å²) in [6.45, 7) is 10.4. The predicted molar refractivity (Wildman–Crippen MR) is 149 cm³/mol. The number of nitrogens with zero attached hydrogens (tertiary/aromatic N) is 5. The summed E-state index contributed by atoms with van der Waals surface area (Å²) in [7, 11) is 0. The van der Waals surface area contributed by atoms with E-state index in [4.69, 9.17) is 19.4 Å². The number of thiophene rings is 1. The van der Waals surface area contributed by atoms with Crippen LogP contribution in [0.3, 0.4) is 0 Å². The Hall–Kier alpha value is -2.36. The molecule has 194 valence electrons. The number of piperazine rings is 1. The van der Waals surface area contributed by atoms with E-state index >= 15 is 0 Å². The van der Waals surface area contributed by atoms with Crippen LogP contribution in [0.1, 0.15) is 29.5 Å². The van der Waals surface area contributed by atoms with Crippen LogP contribution in [0.4, 0.5) is 5.95 Å². The van der Waals surface area contributed by atoms with Gasteiger partial charge in [0.25, 0.3) is 0 Å². The Bertz CT molecular complexity index is 1290. The second-order valence-corrected chi connectivity index (χ2v) is 11.4. The van der Waals surface area contributed by atoms with Crippen LogP contribution in [0.5, 0.6) is 0 Å². The van der Waals surface area contributed by atoms with Gasteiger partial charge in [0, 0.05) is 76.2 Å². The SMILES string of the molecule is C1=Cc2c(cccc2-c2nc(N3CCOCC3)nc3c(CN4CCN(C5CCOCC5)CC4)csc23)C1. The van der Waals surface area contributed by atoms with E-state index in [2.05, 4.69) is 50.4 Å². The Kier molecular flexibility index (Phi) is 6.69. The van der Waals surface area contributed by atoms with Crippen molar-refractivity contribution >= 4 is 33.6 Å². The summed E-state index contributed by atoms with van der Waals surface area (Å²) in [6, 6.07) is 7.34. The topological polar surface area (TPSA) is 54.0 Å². The number of allylic oxidation sites excluding steroid dienone is 1. The molecule has 37 heavy (non-hydrogen) atoms. The molecule has 3 aliphatic heterocycles. The second kappa shape index (κ2) is 10.4. The van der Waals surface area contributed by atoms with Gasteiger partial charge in [-0.15, -0.1) is 11.3 Å². The van der Waals surface area contributed by atoms with E-state index in [1.54, 1.807) is 11.3 Å². The van der Waals surface area contributed by atoms with Crippen molar-refractivity contribution in [2.24, 2.45) is 0 Å². The molecule has 0 unspecified atom stereocenters. The van der Waals surface area contributed by atoms with Crippen molar-refractivity contribution in [1.82, 2.24) is 19.8 Å². The summed E-state index contributed by atoms with van der Waals surface area (Å²) in [4.78, 5) is 18.0. The largest absolute Gasteiger partial charge is 0.381 e. The quantitative estimate of drug-likeness (QED) is 0.506. The molecule has 2 aromatic heterocycles. The van der Waals surface area contributed by atoms with Crippen LogP contribution < -0.4 is 4.90 Å². The number of hydrogen-bond acceptors (Lipinski definition) is 8. The van der Waals surface area contributed by atoms with E-state index in [0.717, 1.165) is 95.8 Å². The molecule has 0 amide bonds. The third-order valence-corrected chi connectivity index (χ3v) is 9.38. The average molecular weight is 518 g/mol. The summed E-state index contributed by atoms with van der Waals surface area (Å²) < 4.78 is 12.4. The number of fused-ring (bicyclic) bond motifs is 2. The number of rotatable bonds is 5. The maximum Gasteiger partial charge on any atom is 0.226 e. The zero-order chi connectivity index (χ0) is 24.6. The van der Waals surface area contributed by atoms with Gasteiger partial charge in [-0.05, 0) is 35.8 Å². The fourth-order valence-electron chi connectivity index (χ4n) is 6.23. The van der Waals surface area contributed by atoms with Crippen LogP contribution in [-0.2, 0) is 22.4 Å². The molecular weight excluding hydrogens is 482 g/mol. The molecule has 3 aromatic rings. The highest BCUT2D eigenvalue weighted by Gasteiger charge is 2.27. The number of hydrogen-bond donors (Lipinski definition) is 0. The number of aromatic nitrogens is 2. The van der Waals surface area contributed by atoms with Gasteiger partial charge in [-0.2, -0.15) is 0 Å². The van der Waals surface area contributed by atoms with Crippen LogP contribution in [0.15, 0.2) is 29.7 Å². The lowest BCUT2D eigenvalue weighted by atomic mass is 10.0. The van der Waals surface area contributed by atoms with Crippen molar-refractivity contribution in [3.63, 3.8) is 0 Å². The monoisotopic (exact) mass is 517 g/mol. The Morgan fingerprint density at radius 2 is 1.73 bits per heavy atom. The molecule has 5 heterocycles. The second-order valence-electron chi connectivity index (χ2n) is 10.6. The van der Waals surface area contributed by atoms with Crippen molar-refractivity contribution in [2.75, 3.05) is 70.6 Å². The van der Waals surface area contributed by atoms with Gasteiger partial charge in [-0.1, -0.05) is 30.4 Å². The Morgan fingerprint density at radius 3 is 2.57 bits per heavy atom. The Balaban J connectivity index is 1.20. The van der Waals surface area contributed by atoms with Crippen molar-refractivity contribution < 1.29 is 9.47 Å². The minimum atomic E-state index is 0.700. The van der Waals surface area contributed by atoms with Gasteiger partial charge in [0.2, 0.25) is 5.95 Å². The Morgan fingerprint density at radius 1 is 0.919 bits per heavy atom. The van der Waals surface area contributed by atoms with Gasteiger partial charge in [-0.3, -0.25) is 9.80 Å². The smallest absolute Gasteiger partial charge is 0.226 e. The summed E-state index contributed by atoms with van der Waals surface area (Å²) in [5.74, 6) is 0.842. The lowest BCUT2D eigenvalue weighted by Gasteiger charge is -2.40. The lowest BCUT2D eigenvalue weighted by molar-refractivity contribution is 0.0127. The maximum absolute atomic E-state index is 5.62. The minimum absolute atomic E-state index is 0.700. The minimum Gasteiger partial charge on any atom is -0.381 e. The van der Waals surface area contributed by atoms with Crippen molar-refractivity contribution in [1.29, 1.82) is 0 Å². The standard InChI is InChI=1S/C29H35N5O2S/c1-3-21-4-2-6-25(24(21)5-1)27-28-26(30-29(31-27)34-13-17-36-18-14-34)22(20-37-28)19-32-9-11-33(12-10-32)23-7-15-35-16-8-23/h1-2,4-6,20,23H,3,7-19H2. The van der Waals surface area contributed by atoms with E-state index in [1.807, 2.05) is 0 Å². The molecule has 3 saturated heterocycles. The van der Waals surface area contributed by atoms with Crippen LogP contribution in [0, 0.1) is 0 Å². The molecule has 8 heteroatoms. The molecule has 4 aliphatic rings. The third kappa shape index (κ3) is 4.70. The summed E-state index contributed by atoms with van der Waals surface area (Å²) in [5.41, 5.74) is 7.47. The average Bonchev–Trinajstić information content (AvgIpc) is 3.61. The van der Waals surface area contributed by atoms with Gasteiger partial charge < -0.3 is 14.4 Å². The summed E-state index contributed by atoms with van der Waals surface area (Å²) in [5, 5.41) is 2.33. The highest BCUT2D eigenvalue weighted by molar-refractivity contribution is 7.17. The van der Waals surface area contributed by atoms with Crippen molar-refractivity contribution in [3.05, 3.63) is 46.3 Å². The van der Waals surface area contributed by atoms with Gasteiger partial charge in [0.1, 0.15) is 0 Å². The van der Waals surface area contributed by atoms with Gasteiger partial charge in [-0.25, -0.2) is 9.97 Å². The highest BCUT2D eigenvalue weighted by Crippen LogP contribution is 2.39. The first-order chi connectivity index (χ1) is 18.3. The number of anilines is 1. The molecule has 7 rings (SSSR count). The first-order valence-electron chi connectivity index (χ1n) is 13.8. The van der Waals surface area contributed by atoms with E-state index in [0.29, 0.717) is 6.04 Å². The molecule has 0 bridgehead atoms. The van der Waals surface area contributed by atoms with Crippen LogP contribution in [0.25, 0.3) is 27.6 Å². The highest BCUT2D eigenvalue weighted by atomic mass is 32.1. The number of benzene rings is 1. The van der Waals surface area contributed by atoms with E-state index < -0.39 is 0 Å². The van der Waals surface area contributed by atoms with Crippen LogP contribution >= 0.6 is 11.3 Å². The van der Waals surface area contributed by atoms with Crippen molar-refractivity contribution in [2.45, 2.75) is 31.8 Å². The van der Waals surface area contributed by atoms with Crippen LogP contribution in [0.2, 0.25) is 0 Å². The van der Waals surface area contributed by atoms with E-state index in [1.165, 1.54) is 39.8 Å². The molecular formula is C29H35N5O2S.